The number of carbonyl (C=O) groups excluding carboxylic acids is 1. The third kappa shape index (κ3) is 3.34. The molecule has 19 heavy (non-hydrogen) atoms. The Morgan fingerprint density at radius 1 is 1.53 bits per heavy atom. The molecule has 2 rings (SSSR count). The first-order chi connectivity index (χ1) is 8.87. The lowest BCUT2D eigenvalue weighted by molar-refractivity contribution is -0.138. The highest BCUT2D eigenvalue weighted by Gasteiger charge is 2.32. The first-order valence-electron chi connectivity index (χ1n) is 5.19. The van der Waals surface area contributed by atoms with Crippen LogP contribution in [0.15, 0.2) is 28.1 Å². The first-order valence-corrected chi connectivity index (χ1v) is 6.07. The Labute approximate surface area is 110 Å². The SMILES string of the molecule is CN(CC(F)(F)F)C(=O)c1cc(-c2cccs2)on1. The molecule has 102 valence electrons. The molecule has 0 unspecified atom stereocenters. The fraction of sp³-hybridized carbons (Fsp3) is 0.273. The molecule has 0 aliphatic carbocycles. The standard InChI is InChI=1S/C11H9F3N2O2S/c1-16(6-11(12,13)14)10(17)7-5-8(18-15-7)9-3-2-4-19-9/h2-5H,6H2,1H3. The van der Waals surface area contributed by atoms with E-state index in [0.717, 1.165) is 11.9 Å². The minimum atomic E-state index is -4.44. The normalized spacial score (nSPS) is 11.6. The van der Waals surface area contributed by atoms with Crippen LogP contribution in [0.2, 0.25) is 0 Å². The molecule has 0 N–H and O–H groups in total. The summed E-state index contributed by atoms with van der Waals surface area (Å²) in [6.07, 6.45) is -4.44. The van der Waals surface area contributed by atoms with Gasteiger partial charge in [0.25, 0.3) is 5.91 Å². The van der Waals surface area contributed by atoms with Crippen molar-refractivity contribution in [1.29, 1.82) is 0 Å². The van der Waals surface area contributed by atoms with E-state index in [9.17, 15) is 18.0 Å². The molecule has 2 aromatic rings. The fourth-order valence-corrected chi connectivity index (χ4v) is 2.12. The predicted octanol–water partition coefficient (Wildman–Crippen LogP) is 3.04. The van der Waals surface area contributed by atoms with Crippen molar-refractivity contribution in [2.24, 2.45) is 0 Å². The Morgan fingerprint density at radius 2 is 2.26 bits per heavy atom. The summed E-state index contributed by atoms with van der Waals surface area (Å²) in [5.74, 6) is -0.470. The predicted molar refractivity (Wildman–Crippen MR) is 62.8 cm³/mol. The van der Waals surface area contributed by atoms with Gasteiger partial charge in [0.2, 0.25) is 0 Å². The number of halogens is 3. The van der Waals surface area contributed by atoms with Crippen LogP contribution in [0.25, 0.3) is 10.6 Å². The first kappa shape index (κ1) is 13.6. The van der Waals surface area contributed by atoms with Crippen molar-refractivity contribution in [3.8, 4) is 10.6 Å². The number of nitrogens with zero attached hydrogens (tertiary/aromatic N) is 2. The summed E-state index contributed by atoms with van der Waals surface area (Å²) < 4.78 is 41.5. The van der Waals surface area contributed by atoms with Crippen molar-refractivity contribution >= 4 is 17.2 Å². The van der Waals surface area contributed by atoms with Gasteiger partial charge in [0.1, 0.15) is 6.54 Å². The molecule has 0 aromatic carbocycles. The summed E-state index contributed by atoms with van der Waals surface area (Å²) in [5, 5.41) is 5.31. The van der Waals surface area contributed by atoms with E-state index in [-0.39, 0.29) is 5.69 Å². The van der Waals surface area contributed by atoms with Crippen molar-refractivity contribution < 1.29 is 22.5 Å². The Bertz CT molecular complexity index is 563. The smallest absolute Gasteiger partial charge is 0.355 e. The average molecular weight is 290 g/mol. The molecule has 0 saturated carbocycles. The second-order valence-electron chi connectivity index (χ2n) is 3.83. The molecule has 0 spiro atoms. The Kier molecular flexibility index (Phi) is 3.61. The van der Waals surface area contributed by atoms with E-state index in [1.807, 2.05) is 5.38 Å². The third-order valence-corrected chi connectivity index (χ3v) is 3.14. The zero-order valence-electron chi connectivity index (χ0n) is 9.77. The van der Waals surface area contributed by atoms with E-state index in [4.69, 9.17) is 4.52 Å². The largest absolute Gasteiger partial charge is 0.406 e. The number of hydrogen-bond donors (Lipinski definition) is 0. The number of alkyl halides is 3. The zero-order chi connectivity index (χ0) is 14.0. The van der Waals surface area contributed by atoms with Crippen LogP contribution in [-0.4, -0.2) is 35.7 Å². The van der Waals surface area contributed by atoms with Crippen molar-refractivity contribution in [1.82, 2.24) is 10.1 Å². The molecule has 4 nitrogen and oxygen atoms in total. The number of carbonyl (C=O) groups is 1. The molecule has 0 atom stereocenters. The molecule has 0 aliphatic rings. The van der Waals surface area contributed by atoms with Gasteiger partial charge in [0.15, 0.2) is 11.5 Å². The van der Waals surface area contributed by atoms with Crippen LogP contribution in [-0.2, 0) is 0 Å². The lowest BCUT2D eigenvalue weighted by Gasteiger charge is -2.17. The molecule has 0 fully saturated rings. The second kappa shape index (κ2) is 5.04. The highest BCUT2D eigenvalue weighted by molar-refractivity contribution is 7.13. The summed E-state index contributed by atoms with van der Waals surface area (Å²) in [5.41, 5.74) is -0.143. The van der Waals surface area contributed by atoms with Gasteiger partial charge in [-0.2, -0.15) is 13.2 Å². The van der Waals surface area contributed by atoms with E-state index in [1.165, 1.54) is 17.4 Å². The topological polar surface area (TPSA) is 46.3 Å². The lowest BCUT2D eigenvalue weighted by Crippen LogP contribution is -2.35. The van der Waals surface area contributed by atoms with Gasteiger partial charge in [-0.05, 0) is 11.4 Å². The van der Waals surface area contributed by atoms with E-state index in [1.54, 1.807) is 12.1 Å². The van der Waals surface area contributed by atoms with E-state index in [2.05, 4.69) is 5.16 Å². The highest BCUT2D eigenvalue weighted by Crippen LogP contribution is 2.25. The van der Waals surface area contributed by atoms with Crippen molar-refractivity contribution in [2.75, 3.05) is 13.6 Å². The van der Waals surface area contributed by atoms with Gasteiger partial charge in [-0.25, -0.2) is 0 Å². The maximum atomic E-state index is 12.2. The average Bonchev–Trinajstić information content (AvgIpc) is 2.96. The molecule has 1 amide bonds. The van der Waals surface area contributed by atoms with Crippen LogP contribution in [0.1, 0.15) is 10.5 Å². The van der Waals surface area contributed by atoms with E-state index >= 15 is 0 Å². The number of hydrogen-bond acceptors (Lipinski definition) is 4. The van der Waals surface area contributed by atoms with Gasteiger partial charge < -0.3 is 9.42 Å². The van der Waals surface area contributed by atoms with Crippen LogP contribution in [0.4, 0.5) is 13.2 Å². The van der Waals surface area contributed by atoms with Crippen LogP contribution >= 0.6 is 11.3 Å². The van der Waals surface area contributed by atoms with Gasteiger partial charge in [0, 0.05) is 13.1 Å². The molecular weight excluding hydrogens is 281 g/mol. The van der Waals surface area contributed by atoms with Crippen LogP contribution in [0, 0.1) is 0 Å². The zero-order valence-corrected chi connectivity index (χ0v) is 10.6. The number of aromatic nitrogens is 1. The van der Waals surface area contributed by atoms with E-state index < -0.39 is 18.6 Å². The summed E-state index contributed by atoms with van der Waals surface area (Å²) in [6.45, 7) is -1.33. The minimum Gasteiger partial charge on any atom is -0.355 e. The Balaban J connectivity index is 2.12. The maximum Gasteiger partial charge on any atom is 0.406 e. The number of rotatable bonds is 3. The van der Waals surface area contributed by atoms with Crippen molar-refractivity contribution in [2.45, 2.75) is 6.18 Å². The summed E-state index contributed by atoms with van der Waals surface area (Å²) in [7, 11) is 1.06. The minimum absolute atomic E-state index is 0.143. The molecule has 0 aliphatic heterocycles. The van der Waals surface area contributed by atoms with Gasteiger partial charge >= 0.3 is 6.18 Å². The van der Waals surface area contributed by atoms with Crippen LogP contribution in [0.5, 0.6) is 0 Å². The maximum absolute atomic E-state index is 12.2. The summed E-state index contributed by atoms with van der Waals surface area (Å²) >= 11 is 1.38. The fourth-order valence-electron chi connectivity index (χ4n) is 1.45. The molecule has 2 aromatic heterocycles. The van der Waals surface area contributed by atoms with E-state index in [0.29, 0.717) is 10.7 Å². The van der Waals surface area contributed by atoms with Gasteiger partial charge in [-0.15, -0.1) is 11.3 Å². The van der Waals surface area contributed by atoms with Crippen molar-refractivity contribution in [3.05, 3.63) is 29.3 Å². The Morgan fingerprint density at radius 3 is 2.84 bits per heavy atom. The molecule has 2 heterocycles. The third-order valence-electron chi connectivity index (χ3n) is 2.26. The Hall–Kier alpha value is -1.83. The van der Waals surface area contributed by atoms with Crippen molar-refractivity contribution in [3.63, 3.8) is 0 Å². The van der Waals surface area contributed by atoms with Crippen LogP contribution in [0.3, 0.4) is 0 Å². The lowest BCUT2D eigenvalue weighted by atomic mass is 10.3. The molecule has 0 bridgehead atoms. The highest BCUT2D eigenvalue weighted by atomic mass is 32.1. The summed E-state index contributed by atoms with van der Waals surface area (Å²) in [6, 6.07) is 4.89. The molecule has 0 radical (unpaired) electrons. The van der Waals surface area contributed by atoms with Gasteiger partial charge in [-0.1, -0.05) is 11.2 Å². The second-order valence-corrected chi connectivity index (χ2v) is 4.78. The number of amides is 1. The monoisotopic (exact) mass is 290 g/mol. The number of thiophene rings is 1. The van der Waals surface area contributed by atoms with Crippen LogP contribution < -0.4 is 0 Å². The van der Waals surface area contributed by atoms with Gasteiger partial charge in [-0.3, -0.25) is 4.79 Å². The van der Waals surface area contributed by atoms with Gasteiger partial charge in [0.05, 0.1) is 4.88 Å². The molecule has 0 saturated heterocycles. The summed E-state index contributed by atoms with van der Waals surface area (Å²) in [4.78, 5) is 13.0. The molecular formula is C11H9F3N2O2S. The molecule has 8 heteroatoms. The quantitative estimate of drug-likeness (QED) is 0.873.